The third-order valence-corrected chi connectivity index (χ3v) is 5.01. The summed E-state index contributed by atoms with van der Waals surface area (Å²) >= 11 is 18.3. The van der Waals surface area contributed by atoms with E-state index in [1.54, 1.807) is 30.3 Å². The number of aromatic nitrogens is 1. The molecule has 0 aliphatic rings. The second kappa shape index (κ2) is 10.3. The molecule has 0 aliphatic carbocycles. The second-order valence-corrected chi connectivity index (χ2v) is 7.29. The average molecular weight is 482 g/mol. The number of hydrazone groups is 1. The molecule has 8 nitrogen and oxygen atoms in total. The molecule has 3 aromatic rings. The molecule has 0 saturated heterocycles. The van der Waals surface area contributed by atoms with Gasteiger partial charge in [-0.3, -0.25) is 15.5 Å². The lowest BCUT2D eigenvalue weighted by molar-refractivity contribution is -0.384. The van der Waals surface area contributed by atoms with Crippen molar-refractivity contribution in [1.29, 1.82) is 0 Å². The van der Waals surface area contributed by atoms with Gasteiger partial charge in [0.2, 0.25) is 5.82 Å². The van der Waals surface area contributed by atoms with Crippen LogP contribution in [-0.4, -0.2) is 23.2 Å². The van der Waals surface area contributed by atoms with Crippen LogP contribution in [0, 0.1) is 10.1 Å². The number of nitrogens with zero attached hydrogens (tertiary/aromatic N) is 3. The van der Waals surface area contributed by atoms with Gasteiger partial charge < -0.3 is 9.47 Å². The van der Waals surface area contributed by atoms with E-state index >= 15 is 0 Å². The maximum Gasteiger partial charge on any atom is 0.313 e. The third-order valence-electron chi connectivity index (χ3n) is 3.99. The number of anilines is 1. The van der Waals surface area contributed by atoms with Crippen LogP contribution in [0.1, 0.15) is 11.1 Å². The number of rotatable bonds is 8. The summed E-state index contributed by atoms with van der Waals surface area (Å²) in [6.45, 7) is 0.200. The van der Waals surface area contributed by atoms with Gasteiger partial charge in [0.05, 0.1) is 33.3 Å². The zero-order valence-corrected chi connectivity index (χ0v) is 18.3. The number of hydrogen-bond donors (Lipinski definition) is 1. The maximum atomic E-state index is 11.0. The first kappa shape index (κ1) is 22.6. The van der Waals surface area contributed by atoms with Gasteiger partial charge in [-0.1, -0.05) is 40.9 Å². The number of halogens is 3. The quantitative estimate of drug-likeness (QED) is 0.241. The van der Waals surface area contributed by atoms with Gasteiger partial charge in [0.15, 0.2) is 11.5 Å². The first-order valence-corrected chi connectivity index (χ1v) is 9.85. The average Bonchev–Trinajstić information content (AvgIpc) is 2.75. The zero-order valence-electron chi connectivity index (χ0n) is 16.0. The van der Waals surface area contributed by atoms with Gasteiger partial charge in [0.1, 0.15) is 6.61 Å². The topological polar surface area (TPSA) is 98.9 Å². The summed E-state index contributed by atoms with van der Waals surface area (Å²) < 4.78 is 11.2. The Kier molecular flexibility index (Phi) is 7.51. The molecule has 0 fully saturated rings. The van der Waals surface area contributed by atoms with Gasteiger partial charge >= 0.3 is 5.69 Å². The molecule has 160 valence electrons. The molecule has 1 aromatic heterocycles. The third kappa shape index (κ3) is 5.75. The van der Waals surface area contributed by atoms with Gasteiger partial charge in [-0.25, -0.2) is 4.98 Å². The first-order chi connectivity index (χ1) is 14.9. The summed E-state index contributed by atoms with van der Waals surface area (Å²) in [6, 6.07) is 11.2. The Morgan fingerprint density at radius 2 is 1.97 bits per heavy atom. The van der Waals surface area contributed by atoms with Gasteiger partial charge in [0, 0.05) is 12.3 Å². The molecule has 0 amide bonds. The Hall–Kier alpha value is -3.07. The van der Waals surface area contributed by atoms with Crippen molar-refractivity contribution in [3.8, 4) is 11.5 Å². The van der Waals surface area contributed by atoms with Gasteiger partial charge in [-0.2, -0.15) is 5.10 Å². The molecule has 0 radical (unpaired) electrons. The molecule has 1 N–H and O–H groups in total. The molecule has 0 atom stereocenters. The molecule has 0 aliphatic heterocycles. The van der Waals surface area contributed by atoms with Crippen LogP contribution in [0.25, 0.3) is 0 Å². The lowest BCUT2D eigenvalue weighted by Crippen LogP contribution is -2.01. The van der Waals surface area contributed by atoms with Gasteiger partial charge in [0.25, 0.3) is 0 Å². The lowest BCUT2D eigenvalue weighted by Gasteiger charge is -2.13. The number of pyridine rings is 1. The summed E-state index contributed by atoms with van der Waals surface area (Å²) in [7, 11) is 1.48. The number of methoxy groups -OCH3 is 1. The van der Waals surface area contributed by atoms with Crippen LogP contribution in [-0.2, 0) is 6.61 Å². The van der Waals surface area contributed by atoms with Crippen LogP contribution in [0.5, 0.6) is 11.5 Å². The van der Waals surface area contributed by atoms with Crippen molar-refractivity contribution in [3.05, 3.63) is 85.0 Å². The van der Waals surface area contributed by atoms with Crippen molar-refractivity contribution in [1.82, 2.24) is 4.98 Å². The molecular weight excluding hydrogens is 467 g/mol. The zero-order chi connectivity index (χ0) is 22.4. The van der Waals surface area contributed by atoms with Crippen molar-refractivity contribution in [2.24, 2.45) is 5.10 Å². The summed E-state index contributed by atoms with van der Waals surface area (Å²) in [6.07, 6.45) is 2.85. The van der Waals surface area contributed by atoms with Crippen molar-refractivity contribution in [2.45, 2.75) is 6.61 Å². The van der Waals surface area contributed by atoms with Gasteiger partial charge in [-0.15, -0.1) is 0 Å². The predicted octanol–water partition coefficient (Wildman–Crippen LogP) is 5.98. The molecule has 0 unspecified atom stereocenters. The highest BCUT2D eigenvalue weighted by Gasteiger charge is 2.14. The normalized spacial score (nSPS) is 10.8. The monoisotopic (exact) mass is 480 g/mol. The minimum Gasteiger partial charge on any atom is -0.493 e. The second-order valence-electron chi connectivity index (χ2n) is 6.07. The smallest absolute Gasteiger partial charge is 0.313 e. The van der Waals surface area contributed by atoms with E-state index in [9.17, 15) is 10.1 Å². The number of ether oxygens (including phenoxy) is 2. The molecule has 11 heteroatoms. The maximum absolute atomic E-state index is 11.0. The highest BCUT2D eigenvalue weighted by Crippen LogP contribution is 2.37. The summed E-state index contributed by atoms with van der Waals surface area (Å²) in [5, 5.41) is 16.2. The summed E-state index contributed by atoms with van der Waals surface area (Å²) in [4.78, 5) is 14.4. The Morgan fingerprint density at radius 1 is 1.16 bits per heavy atom. The molecular formula is C20H15Cl3N4O4. The van der Waals surface area contributed by atoms with E-state index in [1.807, 2.05) is 0 Å². The SMILES string of the molecule is COc1cc(/C=N\Nc2ncccc2[N+](=O)[O-])cc(Cl)c1OCc1ccc(Cl)c(Cl)c1. The molecule has 2 aromatic carbocycles. The van der Waals surface area contributed by atoms with Crippen LogP contribution in [0.3, 0.4) is 0 Å². The Morgan fingerprint density at radius 3 is 2.68 bits per heavy atom. The molecule has 3 rings (SSSR count). The molecule has 0 spiro atoms. The van der Waals surface area contributed by atoms with E-state index in [2.05, 4.69) is 15.5 Å². The fraction of sp³-hybridized carbons (Fsp3) is 0.100. The Balaban J connectivity index is 1.75. The van der Waals surface area contributed by atoms with Gasteiger partial charge in [-0.05, 0) is 41.5 Å². The Labute approximate surface area is 192 Å². The van der Waals surface area contributed by atoms with Crippen molar-refractivity contribution in [2.75, 3.05) is 12.5 Å². The standard InChI is InChI=1S/C20H15Cl3N4O4/c1-30-18-9-13(10-25-26-20-17(27(28)29)3-2-6-24-20)8-16(23)19(18)31-11-12-4-5-14(21)15(22)7-12/h2-10H,11H2,1H3,(H,24,26)/b25-10-. The van der Waals surface area contributed by atoms with Crippen LogP contribution < -0.4 is 14.9 Å². The van der Waals surface area contributed by atoms with Crippen molar-refractivity contribution >= 4 is 52.5 Å². The number of hydrogen-bond acceptors (Lipinski definition) is 7. The first-order valence-electron chi connectivity index (χ1n) is 8.71. The predicted molar refractivity (Wildman–Crippen MR) is 121 cm³/mol. The highest BCUT2D eigenvalue weighted by molar-refractivity contribution is 6.42. The highest BCUT2D eigenvalue weighted by atomic mass is 35.5. The number of nitrogens with one attached hydrogen (secondary N) is 1. The van der Waals surface area contributed by atoms with Crippen molar-refractivity contribution in [3.63, 3.8) is 0 Å². The van der Waals surface area contributed by atoms with Crippen LogP contribution in [0.2, 0.25) is 15.1 Å². The molecule has 0 bridgehead atoms. The van der Waals surface area contributed by atoms with E-state index in [-0.39, 0.29) is 18.1 Å². The number of benzene rings is 2. The minimum atomic E-state index is -0.551. The largest absolute Gasteiger partial charge is 0.493 e. The van der Waals surface area contributed by atoms with Crippen LogP contribution >= 0.6 is 34.8 Å². The number of nitro groups is 1. The van der Waals surface area contributed by atoms with E-state index in [1.165, 1.54) is 31.7 Å². The van der Waals surface area contributed by atoms with E-state index in [0.717, 1.165) is 5.56 Å². The minimum absolute atomic E-state index is 0.0170. The molecule has 1 heterocycles. The molecule has 31 heavy (non-hydrogen) atoms. The fourth-order valence-electron chi connectivity index (χ4n) is 2.54. The van der Waals surface area contributed by atoms with Crippen LogP contribution in [0.15, 0.2) is 53.8 Å². The van der Waals surface area contributed by atoms with Crippen LogP contribution in [0.4, 0.5) is 11.5 Å². The fourth-order valence-corrected chi connectivity index (χ4v) is 3.13. The summed E-state index contributed by atoms with van der Waals surface area (Å²) in [5.74, 6) is 0.752. The van der Waals surface area contributed by atoms with E-state index < -0.39 is 4.92 Å². The van der Waals surface area contributed by atoms with E-state index in [4.69, 9.17) is 44.3 Å². The van der Waals surface area contributed by atoms with Crippen molar-refractivity contribution < 1.29 is 14.4 Å². The Bertz CT molecular complexity index is 1140. The molecule has 0 saturated carbocycles. The lowest BCUT2D eigenvalue weighted by atomic mass is 10.2. The van der Waals surface area contributed by atoms with E-state index in [0.29, 0.717) is 32.1 Å². The summed E-state index contributed by atoms with van der Waals surface area (Å²) in [5.41, 5.74) is 3.74.